The molecule has 2 fully saturated rings. The van der Waals surface area contributed by atoms with E-state index in [1.54, 1.807) is 0 Å². The predicted octanol–water partition coefficient (Wildman–Crippen LogP) is 0.223. The maximum Gasteiger partial charge on any atom is 0.0626 e. The van der Waals surface area contributed by atoms with E-state index in [1.807, 2.05) is 13.8 Å². The predicted molar refractivity (Wildman–Crippen MR) is 39.6 cm³/mol. The molecular weight excluding hydrogens is 126 g/mol. The fourth-order valence-corrected chi connectivity index (χ4v) is 2.47. The molecule has 1 aliphatic heterocycles. The van der Waals surface area contributed by atoms with Crippen molar-refractivity contribution in [3.63, 3.8) is 0 Å². The van der Waals surface area contributed by atoms with Crippen molar-refractivity contribution in [3.05, 3.63) is 0 Å². The Kier molecular flexibility index (Phi) is 1.15. The van der Waals surface area contributed by atoms with Crippen LogP contribution < -0.4 is 5.32 Å². The van der Waals surface area contributed by atoms with Gasteiger partial charge in [-0.1, -0.05) is 0 Å². The minimum Gasteiger partial charge on any atom is -0.390 e. The standard InChI is InChI=1S/C8H15NO/c1-8(2,10)7-5-3-9-4-6(5)7/h5-7,9-10H,3-4H2,1-2H3/t5-,6+,7?. The van der Waals surface area contributed by atoms with Crippen LogP contribution in [0.4, 0.5) is 0 Å². The summed E-state index contributed by atoms with van der Waals surface area (Å²) in [6, 6.07) is 0. The summed E-state index contributed by atoms with van der Waals surface area (Å²) in [4.78, 5) is 0. The van der Waals surface area contributed by atoms with Gasteiger partial charge in [0.05, 0.1) is 5.60 Å². The molecule has 2 aliphatic rings. The molecule has 2 N–H and O–H groups in total. The first-order valence-corrected chi connectivity index (χ1v) is 4.04. The lowest BCUT2D eigenvalue weighted by molar-refractivity contribution is 0.0442. The van der Waals surface area contributed by atoms with Gasteiger partial charge in [-0.05, 0) is 44.7 Å². The summed E-state index contributed by atoms with van der Waals surface area (Å²) in [5.41, 5.74) is -0.433. The molecule has 58 valence electrons. The molecule has 0 bridgehead atoms. The summed E-state index contributed by atoms with van der Waals surface area (Å²) in [5, 5.41) is 12.9. The summed E-state index contributed by atoms with van der Waals surface area (Å²) in [5.74, 6) is 2.13. The third-order valence-electron chi connectivity index (χ3n) is 2.91. The van der Waals surface area contributed by atoms with Gasteiger partial charge in [-0.25, -0.2) is 0 Å². The fourth-order valence-electron chi connectivity index (χ4n) is 2.47. The van der Waals surface area contributed by atoms with E-state index in [1.165, 1.54) is 0 Å². The zero-order chi connectivity index (χ0) is 7.35. The molecule has 0 aromatic carbocycles. The first-order valence-electron chi connectivity index (χ1n) is 4.04. The molecule has 0 radical (unpaired) electrons. The highest BCUT2D eigenvalue weighted by Crippen LogP contribution is 2.54. The van der Waals surface area contributed by atoms with E-state index in [0.29, 0.717) is 5.92 Å². The van der Waals surface area contributed by atoms with Crippen molar-refractivity contribution in [2.24, 2.45) is 17.8 Å². The molecule has 3 atom stereocenters. The van der Waals surface area contributed by atoms with Gasteiger partial charge < -0.3 is 10.4 Å². The Morgan fingerprint density at radius 1 is 1.30 bits per heavy atom. The van der Waals surface area contributed by atoms with Gasteiger partial charge in [0.1, 0.15) is 0 Å². The number of nitrogens with one attached hydrogen (secondary N) is 1. The van der Waals surface area contributed by atoms with Gasteiger partial charge in [0.2, 0.25) is 0 Å². The van der Waals surface area contributed by atoms with Crippen LogP contribution >= 0.6 is 0 Å². The highest BCUT2D eigenvalue weighted by Gasteiger charge is 2.58. The van der Waals surface area contributed by atoms with Crippen LogP contribution in [0.5, 0.6) is 0 Å². The Labute approximate surface area is 61.6 Å². The Balaban J connectivity index is 2.01. The quantitative estimate of drug-likeness (QED) is 0.547. The van der Waals surface area contributed by atoms with Gasteiger partial charge in [-0.2, -0.15) is 0 Å². The maximum atomic E-state index is 9.64. The Morgan fingerprint density at radius 3 is 2.10 bits per heavy atom. The van der Waals surface area contributed by atoms with Gasteiger partial charge >= 0.3 is 0 Å². The second-order valence-corrected chi connectivity index (χ2v) is 4.17. The van der Waals surface area contributed by atoms with E-state index in [-0.39, 0.29) is 0 Å². The van der Waals surface area contributed by atoms with Crippen LogP contribution in [0.25, 0.3) is 0 Å². The zero-order valence-electron chi connectivity index (χ0n) is 6.59. The van der Waals surface area contributed by atoms with Crippen molar-refractivity contribution in [2.45, 2.75) is 19.4 Å². The second-order valence-electron chi connectivity index (χ2n) is 4.17. The fraction of sp³-hybridized carbons (Fsp3) is 1.00. The molecule has 1 aliphatic carbocycles. The minimum absolute atomic E-state index is 0.433. The molecule has 0 spiro atoms. The molecular formula is C8H15NO. The van der Waals surface area contributed by atoms with Gasteiger partial charge in [0.15, 0.2) is 0 Å². The summed E-state index contributed by atoms with van der Waals surface area (Å²) in [6.45, 7) is 6.10. The van der Waals surface area contributed by atoms with Crippen molar-refractivity contribution >= 4 is 0 Å². The molecule has 1 saturated carbocycles. The first-order chi connectivity index (χ1) is 4.61. The second kappa shape index (κ2) is 1.74. The average Bonchev–Trinajstić information content (AvgIpc) is 2.30. The SMILES string of the molecule is CC(C)(O)C1[C@H]2CNC[C@@H]12. The molecule has 0 aromatic rings. The highest BCUT2D eigenvalue weighted by atomic mass is 16.3. The van der Waals surface area contributed by atoms with Crippen LogP contribution in [-0.4, -0.2) is 23.8 Å². The highest BCUT2D eigenvalue weighted by molar-refractivity contribution is 5.09. The lowest BCUT2D eigenvalue weighted by Gasteiger charge is -2.19. The van der Waals surface area contributed by atoms with Crippen LogP contribution in [-0.2, 0) is 0 Å². The lowest BCUT2D eigenvalue weighted by atomic mass is 10.00. The number of fused-ring (bicyclic) bond motifs is 1. The van der Waals surface area contributed by atoms with E-state index in [0.717, 1.165) is 24.9 Å². The minimum atomic E-state index is -0.433. The van der Waals surface area contributed by atoms with Gasteiger partial charge in [0.25, 0.3) is 0 Å². The smallest absolute Gasteiger partial charge is 0.0626 e. The topological polar surface area (TPSA) is 32.3 Å². The molecule has 0 aromatic heterocycles. The van der Waals surface area contributed by atoms with Crippen molar-refractivity contribution in [1.82, 2.24) is 5.32 Å². The number of piperidine rings is 1. The van der Waals surface area contributed by atoms with Gasteiger partial charge in [-0.3, -0.25) is 0 Å². The third-order valence-corrected chi connectivity index (χ3v) is 2.91. The molecule has 2 rings (SSSR count). The van der Waals surface area contributed by atoms with E-state index < -0.39 is 5.60 Å². The largest absolute Gasteiger partial charge is 0.390 e. The molecule has 1 saturated heterocycles. The molecule has 1 unspecified atom stereocenters. The van der Waals surface area contributed by atoms with Crippen LogP contribution in [0.2, 0.25) is 0 Å². The normalized spacial score (nSPS) is 45.3. The Morgan fingerprint density at radius 2 is 1.80 bits per heavy atom. The third kappa shape index (κ3) is 0.789. The molecule has 1 heterocycles. The molecule has 2 heteroatoms. The Hall–Kier alpha value is -0.0800. The van der Waals surface area contributed by atoms with Crippen LogP contribution in [0.15, 0.2) is 0 Å². The van der Waals surface area contributed by atoms with Crippen molar-refractivity contribution in [3.8, 4) is 0 Å². The first kappa shape index (κ1) is 6.62. The number of rotatable bonds is 1. The van der Waals surface area contributed by atoms with Crippen molar-refractivity contribution in [1.29, 1.82) is 0 Å². The van der Waals surface area contributed by atoms with E-state index in [4.69, 9.17) is 0 Å². The number of hydrogen-bond acceptors (Lipinski definition) is 2. The van der Waals surface area contributed by atoms with Crippen LogP contribution in [0.1, 0.15) is 13.8 Å². The van der Waals surface area contributed by atoms with Gasteiger partial charge in [0, 0.05) is 0 Å². The monoisotopic (exact) mass is 141 g/mol. The summed E-state index contributed by atoms with van der Waals surface area (Å²) in [6.07, 6.45) is 0. The Bertz CT molecular complexity index is 140. The molecule has 0 amide bonds. The molecule has 10 heavy (non-hydrogen) atoms. The summed E-state index contributed by atoms with van der Waals surface area (Å²) >= 11 is 0. The van der Waals surface area contributed by atoms with E-state index in [9.17, 15) is 5.11 Å². The van der Waals surface area contributed by atoms with E-state index in [2.05, 4.69) is 5.32 Å². The van der Waals surface area contributed by atoms with Crippen molar-refractivity contribution < 1.29 is 5.11 Å². The van der Waals surface area contributed by atoms with Crippen LogP contribution in [0.3, 0.4) is 0 Å². The summed E-state index contributed by atoms with van der Waals surface area (Å²) < 4.78 is 0. The van der Waals surface area contributed by atoms with Crippen LogP contribution in [0, 0.1) is 17.8 Å². The molecule has 2 nitrogen and oxygen atoms in total. The number of aliphatic hydroxyl groups is 1. The average molecular weight is 141 g/mol. The van der Waals surface area contributed by atoms with E-state index >= 15 is 0 Å². The summed E-state index contributed by atoms with van der Waals surface area (Å²) in [7, 11) is 0. The number of hydrogen-bond donors (Lipinski definition) is 2. The lowest BCUT2D eigenvalue weighted by Crippen LogP contribution is -2.29. The zero-order valence-corrected chi connectivity index (χ0v) is 6.59. The maximum absolute atomic E-state index is 9.64. The van der Waals surface area contributed by atoms with Crippen molar-refractivity contribution in [2.75, 3.05) is 13.1 Å². The van der Waals surface area contributed by atoms with Gasteiger partial charge in [-0.15, -0.1) is 0 Å².